The van der Waals surface area contributed by atoms with Gasteiger partial charge in [-0.25, -0.2) is 0 Å². The molecule has 2 aliphatic heterocycles. The van der Waals surface area contributed by atoms with Crippen LogP contribution in [0, 0.1) is 11.8 Å². The predicted octanol–water partition coefficient (Wildman–Crippen LogP) is 2.43. The highest BCUT2D eigenvalue weighted by Crippen LogP contribution is 2.26. The van der Waals surface area contributed by atoms with Crippen LogP contribution in [0.1, 0.15) is 42.9 Å². The lowest BCUT2D eigenvalue weighted by molar-refractivity contribution is -0.139. The molecule has 0 spiro atoms. The van der Waals surface area contributed by atoms with Gasteiger partial charge in [-0.3, -0.25) is 4.79 Å². The number of anilines is 1. The Kier molecular flexibility index (Phi) is 8.89. The summed E-state index contributed by atoms with van der Waals surface area (Å²) in [4.78, 5) is 18.4. The molecule has 1 saturated heterocycles. The highest BCUT2D eigenvalue weighted by Gasteiger charge is 2.31. The van der Waals surface area contributed by atoms with Crippen LogP contribution >= 0.6 is 0 Å². The fourth-order valence-corrected chi connectivity index (χ4v) is 5.79. The number of ether oxygens (including phenoxy) is 1. The van der Waals surface area contributed by atoms with Gasteiger partial charge < -0.3 is 19.6 Å². The molecule has 38 heavy (non-hydrogen) atoms. The molecule has 1 unspecified atom stereocenters. The second-order valence-corrected chi connectivity index (χ2v) is 10.7. The van der Waals surface area contributed by atoms with E-state index < -0.39 is 22.2 Å². The van der Waals surface area contributed by atoms with Crippen molar-refractivity contribution in [2.45, 2.75) is 32.2 Å². The molecular weight excluding hydrogens is 508 g/mol. The summed E-state index contributed by atoms with van der Waals surface area (Å²) < 4.78 is 34.7. The van der Waals surface area contributed by atoms with Gasteiger partial charge in [0.2, 0.25) is 0 Å². The van der Waals surface area contributed by atoms with Crippen molar-refractivity contribution in [1.82, 2.24) is 9.03 Å². The number of rotatable bonds is 8. The Bertz CT molecular complexity index is 1340. The van der Waals surface area contributed by atoms with Crippen molar-refractivity contribution in [3.05, 3.63) is 59.2 Å². The second-order valence-electron chi connectivity index (χ2n) is 9.02. The molecule has 0 saturated carbocycles. The van der Waals surface area contributed by atoms with Gasteiger partial charge in [-0.2, -0.15) is 17.4 Å². The topological polar surface area (TPSA) is 121 Å². The Labute approximate surface area is 223 Å². The van der Waals surface area contributed by atoms with E-state index in [-0.39, 0.29) is 19.5 Å². The van der Waals surface area contributed by atoms with E-state index in [9.17, 15) is 18.3 Å². The van der Waals surface area contributed by atoms with Gasteiger partial charge >= 0.3 is 5.97 Å². The fraction of sp³-hybridized carbons (Fsp3) is 0.407. The zero-order valence-corrected chi connectivity index (χ0v) is 22.3. The first-order valence-corrected chi connectivity index (χ1v) is 14.0. The number of carboxylic acid groups (broad SMARTS) is 1. The Morgan fingerprint density at radius 1 is 1.13 bits per heavy atom. The Hall–Kier alpha value is -3.59. The van der Waals surface area contributed by atoms with Gasteiger partial charge in [-0.05, 0) is 48.9 Å². The summed E-state index contributed by atoms with van der Waals surface area (Å²) in [6.07, 6.45) is 1.49. The van der Waals surface area contributed by atoms with E-state index in [0.717, 1.165) is 33.8 Å². The molecule has 0 aromatic heterocycles. The molecule has 0 aliphatic carbocycles. The lowest BCUT2D eigenvalue weighted by Crippen LogP contribution is -2.54. The van der Waals surface area contributed by atoms with Crippen molar-refractivity contribution in [3.63, 3.8) is 0 Å². The van der Waals surface area contributed by atoms with E-state index >= 15 is 0 Å². The van der Waals surface area contributed by atoms with E-state index in [4.69, 9.17) is 9.57 Å². The maximum Gasteiger partial charge on any atom is 0.321 e. The number of carboxylic acids is 1. The number of carbonyl (C=O) groups is 1. The fourth-order valence-electron chi connectivity index (χ4n) is 4.42. The molecule has 202 valence electrons. The predicted molar refractivity (Wildman–Crippen MR) is 145 cm³/mol. The van der Waals surface area contributed by atoms with Crippen LogP contribution in [0.5, 0.6) is 5.75 Å². The van der Waals surface area contributed by atoms with Crippen LogP contribution in [0.3, 0.4) is 0 Å². The minimum Gasteiger partial charge on any atom is -0.492 e. The molecule has 0 radical (unpaired) electrons. The number of hydrogen-bond acceptors (Lipinski definition) is 7. The summed E-state index contributed by atoms with van der Waals surface area (Å²) in [5.41, 5.74) is 4.40. The highest BCUT2D eigenvalue weighted by molar-refractivity contribution is 7.87. The van der Waals surface area contributed by atoms with Crippen molar-refractivity contribution < 1.29 is 27.9 Å². The van der Waals surface area contributed by atoms with Crippen LogP contribution in [0.2, 0.25) is 0 Å². The van der Waals surface area contributed by atoms with Gasteiger partial charge in [0.25, 0.3) is 10.2 Å². The minimum atomic E-state index is -3.87. The van der Waals surface area contributed by atoms with Gasteiger partial charge in [0.05, 0.1) is 12.3 Å². The summed E-state index contributed by atoms with van der Waals surface area (Å²) in [6, 6.07) is 12.5. The molecular formula is C27H32N4O6S. The summed E-state index contributed by atoms with van der Waals surface area (Å²) in [6.45, 7) is 3.92. The molecule has 2 aromatic carbocycles. The van der Waals surface area contributed by atoms with Crippen LogP contribution in [0.25, 0.3) is 0 Å². The normalized spacial score (nSPS) is 17.6. The first kappa shape index (κ1) is 27.4. The third kappa shape index (κ3) is 6.64. The maximum atomic E-state index is 12.7. The molecule has 0 bridgehead atoms. The van der Waals surface area contributed by atoms with Gasteiger partial charge in [0.1, 0.15) is 18.9 Å². The van der Waals surface area contributed by atoms with E-state index in [1.165, 1.54) is 11.4 Å². The summed E-state index contributed by atoms with van der Waals surface area (Å²) >= 11 is 0. The molecule has 0 amide bonds. The average Bonchev–Trinajstić information content (AvgIpc) is 2.92. The number of nitrogens with one attached hydrogen (secondary N) is 1. The van der Waals surface area contributed by atoms with Gasteiger partial charge in [0.15, 0.2) is 0 Å². The van der Waals surface area contributed by atoms with Crippen molar-refractivity contribution in [2.24, 2.45) is 5.16 Å². The Morgan fingerprint density at radius 3 is 2.47 bits per heavy atom. The van der Waals surface area contributed by atoms with Crippen molar-refractivity contribution in [3.8, 4) is 17.6 Å². The molecule has 11 heteroatoms. The van der Waals surface area contributed by atoms with E-state index in [2.05, 4.69) is 26.6 Å². The van der Waals surface area contributed by atoms with Crippen LogP contribution in [0.15, 0.2) is 47.6 Å². The Balaban J connectivity index is 1.37. The molecule has 2 aliphatic rings. The number of benzene rings is 2. The third-order valence-corrected chi connectivity index (χ3v) is 8.04. The number of piperazine rings is 1. The number of fused-ring (bicyclic) bond motifs is 1. The number of hydrogen-bond donors (Lipinski definition) is 2. The molecule has 4 rings (SSSR count). The average molecular weight is 541 g/mol. The first-order chi connectivity index (χ1) is 18.3. The largest absolute Gasteiger partial charge is 0.492 e. The molecule has 1 fully saturated rings. The standard InChI is InChI=1S/C27H32N4O6S/c1-3-4-25(27(32)33)29-38(34,35)31-16-14-30(15-17-31)22-10-7-20(8-11-22)5-6-21-9-12-26-23(19-21)24(28-36-2)13-18-37-26/h7-12,19,25,29H,3-4,13-18H2,1-2H3,(H,32,33). The molecule has 1 atom stereocenters. The third-order valence-electron chi connectivity index (χ3n) is 6.42. The lowest BCUT2D eigenvalue weighted by Gasteiger charge is -2.35. The number of oxime groups is 1. The molecule has 10 nitrogen and oxygen atoms in total. The van der Waals surface area contributed by atoms with E-state index in [1.54, 1.807) is 0 Å². The summed E-state index contributed by atoms with van der Waals surface area (Å²) in [7, 11) is -2.35. The molecule has 2 N–H and O–H groups in total. The van der Waals surface area contributed by atoms with Crippen LogP contribution in [-0.2, 0) is 19.8 Å². The second kappa shape index (κ2) is 12.3. The van der Waals surface area contributed by atoms with E-state index in [1.807, 2.05) is 49.4 Å². The maximum absolute atomic E-state index is 12.7. The van der Waals surface area contributed by atoms with Crippen LogP contribution in [0.4, 0.5) is 5.69 Å². The lowest BCUT2D eigenvalue weighted by atomic mass is 10.0. The smallest absolute Gasteiger partial charge is 0.321 e. The van der Waals surface area contributed by atoms with Gasteiger partial charge in [0, 0.05) is 55.0 Å². The summed E-state index contributed by atoms with van der Waals surface area (Å²) in [5.74, 6) is 5.98. The number of aliphatic carboxylic acids is 1. The van der Waals surface area contributed by atoms with Crippen molar-refractivity contribution in [2.75, 3.05) is 44.8 Å². The zero-order chi connectivity index (χ0) is 27.1. The van der Waals surface area contributed by atoms with Gasteiger partial charge in [-0.15, -0.1) is 0 Å². The molecule has 2 heterocycles. The SMILES string of the molecule is CCCC(NS(=O)(=O)N1CCN(c2ccc(C#Cc3ccc4c(c3)C(=NOC)CCO4)cc2)CC1)C(=O)O. The Morgan fingerprint density at radius 2 is 1.82 bits per heavy atom. The number of nitrogens with zero attached hydrogens (tertiary/aromatic N) is 3. The first-order valence-electron chi connectivity index (χ1n) is 12.5. The van der Waals surface area contributed by atoms with Crippen molar-refractivity contribution in [1.29, 1.82) is 0 Å². The quantitative estimate of drug-likeness (QED) is 0.390. The summed E-state index contributed by atoms with van der Waals surface area (Å²) in [5, 5.41) is 13.4. The highest BCUT2D eigenvalue weighted by atomic mass is 32.2. The minimum absolute atomic E-state index is 0.244. The van der Waals surface area contributed by atoms with E-state index in [0.29, 0.717) is 32.5 Å². The van der Waals surface area contributed by atoms with Crippen LogP contribution in [-0.4, -0.2) is 75.4 Å². The van der Waals surface area contributed by atoms with Gasteiger partial charge in [-0.1, -0.05) is 30.3 Å². The molecule has 2 aromatic rings. The van der Waals surface area contributed by atoms with Crippen molar-refractivity contribution >= 4 is 27.6 Å². The van der Waals surface area contributed by atoms with Crippen LogP contribution < -0.4 is 14.4 Å². The monoisotopic (exact) mass is 540 g/mol. The zero-order valence-electron chi connectivity index (χ0n) is 21.5.